The summed E-state index contributed by atoms with van der Waals surface area (Å²) < 4.78 is 0. The van der Waals surface area contributed by atoms with Crippen LogP contribution in [0.2, 0.25) is 0 Å². The largest absolute Gasteiger partial charge is 0.354 e. The number of hydrogen-bond donors (Lipinski definition) is 2. The molecule has 7 heteroatoms. The summed E-state index contributed by atoms with van der Waals surface area (Å²) in [6.07, 6.45) is 5.31. The average molecular weight is 274 g/mol. The van der Waals surface area contributed by atoms with Gasteiger partial charge in [-0.25, -0.2) is 9.97 Å². The van der Waals surface area contributed by atoms with Crippen LogP contribution in [-0.4, -0.2) is 31.7 Å². The molecule has 0 spiro atoms. The van der Waals surface area contributed by atoms with Crippen LogP contribution < -0.4 is 5.32 Å². The highest BCUT2D eigenvalue weighted by atomic mass is 32.1. The molecule has 2 N–H and O–H groups in total. The molecule has 0 bridgehead atoms. The van der Waals surface area contributed by atoms with Gasteiger partial charge in [-0.15, -0.1) is 11.3 Å². The predicted octanol–water partition coefficient (Wildman–Crippen LogP) is 2.22. The van der Waals surface area contributed by atoms with Gasteiger partial charge in [0.2, 0.25) is 5.95 Å². The topological polar surface area (TPSA) is 79.4 Å². The third-order valence-corrected chi connectivity index (χ3v) is 3.50. The molecule has 0 atom stereocenters. The van der Waals surface area contributed by atoms with Crippen LogP contribution in [0.4, 0.5) is 5.95 Å². The zero-order valence-electron chi connectivity index (χ0n) is 10.6. The first kappa shape index (κ1) is 12.0. The Bertz CT molecular complexity index is 660. The molecule has 0 radical (unpaired) electrons. The zero-order chi connectivity index (χ0) is 13.1. The van der Waals surface area contributed by atoms with Gasteiger partial charge in [0.15, 0.2) is 5.65 Å². The molecule has 3 aromatic rings. The van der Waals surface area contributed by atoms with Crippen LogP contribution in [0.5, 0.6) is 0 Å². The molecule has 0 aromatic carbocycles. The lowest BCUT2D eigenvalue weighted by Crippen LogP contribution is -2.06. The van der Waals surface area contributed by atoms with Crippen molar-refractivity contribution >= 4 is 28.3 Å². The van der Waals surface area contributed by atoms with Crippen molar-refractivity contribution in [1.29, 1.82) is 0 Å². The van der Waals surface area contributed by atoms with Crippen LogP contribution in [-0.2, 0) is 6.42 Å². The minimum Gasteiger partial charge on any atom is -0.354 e. The van der Waals surface area contributed by atoms with Crippen LogP contribution in [0.1, 0.15) is 24.0 Å². The number of thiazole rings is 1. The Kier molecular flexibility index (Phi) is 3.37. The standard InChI is InChI=1S/C12H14N6S/c1-2-3-14-12-16-9(6-10-13-4-5-19-10)8-7-15-18-11(8)17-12/h4-5,7H,2-3,6H2,1H3,(H2,14,15,16,17,18). The van der Waals surface area contributed by atoms with E-state index in [0.717, 1.165) is 34.7 Å². The lowest BCUT2D eigenvalue weighted by molar-refractivity contribution is 0.943. The van der Waals surface area contributed by atoms with E-state index in [-0.39, 0.29) is 0 Å². The molecule has 3 aromatic heterocycles. The van der Waals surface area contributed by atoms with Crippen molar-refractivity contribution in [2.75, 3.05) is 11.9 Å². The van der Waals surface area contributed by atoms with E-state index in [9.17, 15) is 0 Å². The van der Waals surface area contributed by atoms with Crippen LogP contribution in [0, 0.1) is 0 Å². The fourth-order valence-corrected chi connectivity index (χ4v) is 2.45. The molecule has 0 aliphatic carbocycles. The Hall–Kier alpha value is -2.02. The maximum atomic E-state index is 4.57. The van der Waals surface area contributed by atoms with Crippen molar-refractivity contribution in [3.05, 3.63) is 28.5 Å². The number of aromatic amines is 1. The highest BCUT2D eigenvalue weighted by Gasteiger charge is 2.11. The van der Waals surface area contributed by atoms with Crippen molar-refractivity contribution in [1.82, 2.24) is 25.1 Å². The summed E-state index contributed by atoms with van der Waals surface area (Å²) in [6, 6.07) is 0. The molecule has 0 aliphatic heterocycles. The van der Waals surface area contributed by atoms with Crippen LogP contribution in [0.25, 0.3) is 11.0 Å². The summed E-state index contributed by atoms with van der Waals surface area (Å²) in [7, 11) is 0. The molecular weight excluding hydrogens is 260 g/mol. The van der Waals surface area contributed by atoms with E-state index < -0.39 is 0 Å². The van der Waals surface area contributed by atoms with Gasteiger partial charge in [-0.2, -0.15) is 10.1 Å². The monoisotopic (exact) mass is 274 g/mol. The molecule has 0 fully saturated rings. The van der Waals surface area contributed by atoms with E-state index in [0.29, 0.717) is 12.4 Å². The second kappa shape index (κ2) is 5.31. The van der Waals surface area contributed by atoms with Gasteiger partial charge in [0.05, 0.1) is 22.3 Å². The van der Waals surface area contributed by atoms with E-state index in [1.165, 1.54) is 0 Å². The number of fused-ring (bicyclic) bond motifs is 1. The molecule has 6 nitrogen and oxygen atoms in total. The molecule has 98 valence electrons. The molecule has 3 heterocycles. The fraction of sp³-hybridized carbons (Fsp3) is 0.333. The number of hydrogen-bond acceptors (Lipinski definition) is 6. The van der Waals surface area contributed by atoms with E-state index in [4.69, 9.17) is 0 Å². The smallest absolute Gasteiger partial charge is 0.224 e. The quantitative estimate of drug-likeness (QED) is 0.745. The van der Waals surface area contributed by atoms with E-state index >= 15 is 0 Å². The lowest BCUT2D eigenvalue weighted by atomic mass is 10.2. The van der Waals surface area contributed by atoms with Crippen molar-refractivity contribution in [3.63, 3.8) is 0 Å². The molecule has 0 amide bonds. The molecule has 0 aliphatic rings. The molecule has 0 saturated heterocycles. The summed E-state index contributed by atoms with van der Waals surface area (Å²) in [5.74, 6) is 0.644. The lowest BCUT2D eigenvalue weighted by Gasteiger charge is -2.05. The number of aromatic nitrogens is 5. The van der Waals surface area contributed by atoms with Crippen LogP contribution in [0.15, 0.2) is 17.8 Å². The number of rotatable bonds is 5. The second-order valence-electron chi connectivity index (χ2n) is 4.16. The van der Waals surface area contributed by atoms with Crippen molar-refractivity contribution in [2.45, 2.75) is 19.8 Å². The Balaban J connectivity index is 1.97. The number of nitrogens with zero attached hydrogens (tertiary/aromatic N) is 4. The van der Waals surface area contributed by atoms with Crippen molar-refractivity contribution in [2.24, 2.45) is 0 Å². The van der Waals surface area contributed by atoms with Gasteiger partial charge >= 0.3 is 0 Å². The molecular formula is C12H14N6S. The number of nitrogens with one attached hydrogen (secondary N) is 2. The van der Waals surface area contributed by atoms with Gasteiger partial charge < -0.3 is 5.32 Å². The van der Waals surface area contributed by atoms with E-state index in [1.807, 2.05) is 11.6 Å². The van der Waals surface area contributed by atoms with Gasteiger partial charge in [0, 0.05) is 24.5 Å². The van der Waals surface area contributed by atoms with Gasteiger partial charge in [-0.3, -0.25) is 5.10 Å². The highest BCUT2D eigenvalue weighted by molar-refractivity contribution is 7.09. The predicted molar refractivity (Wildman–Crippen MR) is 75.4 cm³/mol. The zero-order valence-corrected chi connectivity index (χ0v) is 11.4. The maximum absolute atomic E-state index is 4.57. The molecule has 19 heavy (non-hydrogen) atoms. The first-order chi connectivity index (χ1) is 9.36. The number of anilines is 1. The summed E-state index contributed by atoms with van der Waals surface area (Å²) in [5, 5.41) is 14.1. The van der Waals surface area contributed by atoms with Gasteiger partial charge in [0.1, 0.15) is 0 Å². The highest BCUT2D eigenvalue weighted by Crippen LogP contribution is 2.19. The summed E-state index contributed by atoms with van der Waals surface area (Å²) in [4.78, 5) is 13.3. The van der Waals surface area contributed by atoms with Crippen molar-refractivity contribution < 1.29 is 0 Å². The second-order valence-corrected chi connectivity index (χ2v) is 5.13. The molecule has 3 rings (SSSR count). The Morgan fingerprint density at radius 2 is 2.32 bits per heavy atom. The first-order valence-corrected chi connectivity index (χ1v) is 7.07. The minimum atomic E-state index is 0.644. The van der Waals surface area contributed by atoms with Crippen molar-refractivity contribution in [3.8, 4) is 0 Å². The summed E-state index contributed by atoms with van der Waals surface area (Å²) in [5.41, 5.74) is 1.72. The minimum absolute atomic E-state index is 0.644. The number of H-pyrrole nitrogens is 1. The summed E-state index contributed by atoms with van der Waals surface area (Å²) >= 11 is 1.63. The average Bonchev–Trinajstić information content (AvgIpc) is 3.06. The van der Waals surface area contributed by atoms with Gasteiger partial charge in [0.25, 0.3) is 0 Å². The first-order valence-electron chi connectivity index (χ1n) is 6.19. The van der Waals surface area contributed by atoms with Gasteiger partial charge in [-0.1, -0.05) is 6.92 Å². The van der Waals surface area contributed by atoms with Crippen LogP contribution >= 0.6 is 11.3 Å². The van der Waals surface area contributed by atoms with E-state index in [1.54, 1.807) is 17.5 Å². The molecule has 0 unspecified atom stereocenters. The molecule has 0 saturated carbocycles. The third kappa shape index (κ3) is 2.55. The Labute approximate surface area is 114 Å². The van der Waals surface area contributed by atoms with Gasteiger partial charge in [-0.05, 0) is 6.42 Å². The normalized spacial score (nSPS) is 11.0. The summed E-state index contributed by atoms with van der Waals surface area (Å²) in [6.45, 7) is 2.97. The van der Waals surface area contributed by atoms with Crippen LogP contribution in [0.3, 0.4) is 0 Å². The van der Waals surface area contributed by atoms with E-state index in [2.05, 4.69) is 37.4 Å². The maximum Gasteiger partial charge on any atom is 0.224 e. The fourth-order valence-electron chi connectivity index (χ4n) is 1.83. The SMILES string of the molecule is CCCNc1nc(Cc2nccs2)c2cn[nH]c2n1. The Morgan fingerprint density at radius 1 is 1.37 bits per heavy atom. The third-order valence-electron chi connectivity index (χ3n) is 2.72. The Morgan fingerprint density at radius 3 is 3.11 bits per heavy atom.